The van der Waals surface area contributed by atoms with Crippen LogP contribution in [-0.4, -0.2) is 0 Å². The first kappa shape index (κ1) is 21.9. The van der Waals surface area contributed by atoms with Gasteiger partial charge in [-0.25, -0.2) is 0 Å². The van der Waals surface area contributed by atoms with Crippen LogP contribution < -0.4 is 0 Å². The molecule has 3 aromatic rings. The number of fused-ring (bicyclic) bond motifs is 3. The molecule has 4 heteroatoms. The first-order valence-electron chi connectivity index (χ1n) is 11.6. The summed E-state index contributed by atoms with van der Waals surface area (Å²) in [6.07, 6.45) is 8.65. The van der Waals surface area contributed by atoms with E-state index < -0.39 is 10.8 Å². The largest absolute Gasteiger partial charge is 0.197 e. The van der Waals surface area contributed by atoms with Crippen molar-refractivity contribution in [3.05, 3.63) is 141 Å². The summed E-state index contributed by atoms with van der Waals surface area (Å²) in [6, 6.07) is 29.2. The maximum atomic E-state index is 11.0. The van der Waals surface area contributed by atoms with Crippen molar-refractivity contribution in [2.45, 2.75) is 29.1 Å². The molecule has 0 aromatic heterocycles. The Morgan fingerprint density at radius 2 is 1.37 bits per heavy atom. The fraction of sp³-hybridized carbons (Fsp3) is 0.161. The molecule has 0 N–H and O–H groups in total. The number of hydrogen-bond acceptors (Lipinski definition) is 2. The van der Waals surface area contributed by atoms with E-state index in [0.717, 1.165) is 33.4 Å². The lowest BCUT2D eigenvalue weighted by atomic mass is 9.46. The Kier molecular flexibility index (Phi) is 5.01. The minimum absolute atomic E-state index is 0.0650. The van der Waals surface area contributed by atoms with Gasteiger partial charge in [0.2, 0.25) is 0 Å². The first-order chi connectivity index (χ1) is 17.0. The monoisotopic (exact) mass is 490 g/mol. The zero-order valence-corrected chi connectivity index (χ0v) is 20.3. The molecule has 4 atom stereocenters. The topological polar surface area (TPSA) is 47.6 Å². The van der Waals surface area contributed by atoms with Gasteiger partial charge in [-0.15, -0.1) is 0 Å². The number of rotatable bonds is 2. The van der Waals surface area contributed by atoms with E-state index in [1.165, 1.54) is 0 Å². The third-order valence-electron chi connectivity index (χ3n) is 7.88. The van der Waals surface area contributed by atoms with E-state index in [1.54, 1.807) is 0 Å². The Hall–Kier alpha value is -3.56. The summed E-state index contributed by atoms with van der Waals surface area (Å²) in [5.41, 5.74) is 4.00. The van der Waals surface area contributed by atoms with Gasteiger partial charge in [-0.05, 0) is 64.1 Å². The Balaban J connectivity index is 1.75. The lowest BCUT2D eigenvalue weighted by Crippen LogP contribution is -2.49. The summed E-state index contributed by atoms with van der Waals surface area (Å²) in [5, 5.41) is 23.1. The number of benzene rings is 3. The molecule has 2 unspecified atom stereocenters. The highest BCUT2D eigenvalue weighted by Gasteiger charge is 2.60. The van der Waals surface area contributed by atoms with Crippen molar-refractivity contribution >= 4 is 23.2 Å². The minimum Gasteiger partial charge on any atom is -0.197 e. The Labute approximate surface area is 215 Å². The molecule has 6 rings (SSSR count). The maximum Gasteiger partial charge on any atom is 0.123 e. The van der Waals surface area contributed by atoms with Gasteiger partial charge in [0.15, 0.2) is 0 Å². The Morgan fingerprint density at radius 3 is 2.00 bits per heavy atom. The van der Waals surface area contributed by atoms with Crippen LogP contribution in [0.4, 0.5) is 0 Å². The fourth-order valence-corrected chi connectivity index (χ4v) is 6.69. The zero-order chi connectivity index (χ0) is 24.2. The van der Waals surface area contributed by atoms with Crippen LogP contribution in [0.15, 0.2) is 108 Å². The van der Waals surface area contributed by atoms with Gasteiger partial charge in [0.05, 0.1) is 12.1 Å². The van der Waals surface area contributed by atoms with Crippen LogP contribution in [0.1, 0.15) is 40.5 Å². The van der Waals surface area contributed by atoms with Gasteiger partial charge in [0.1, 0.15) is 10.8 Å². The normalized spacial score (nSPS) is 28.0. The summed E-state index contributed by atoms with van der Waals surface area (Å²) in [6.45, 7) is 0. The van der Waals surface area contributed by atoms with E-state index in [0.29, 0.717) is 16.5 Å². The fourth-order valence-electron chi connectivity index (χ4n) is 6.44. The van der Waals surface area contributed by atoms with Crippen LogP contribution in [0, 0.1) is 22.7 Å². The quantitative estimate of drug-likeness (QED) is 0.366. The molecule has 3 aliphatic carbocycles. The second-order valence-corrected chi connectivity index (χ2v) is 10.2. The number of halogens is 2. The molecule has 35 heavy (non-hydrogen) atoms. The van der Waals surface area contributed by atoms with Crippen LogP contribution in [0.5, 0.6) is 0 Å². The molecule has 0 heterocycles. The minimum atomic E-state index is -0.953. The third kappa shape index (κ3) is 2.94. The summed E-state index contributed by atoms with van der Waals surface area (Å²) < 4.78 is 0. The summed E-state index contributed by atoms with van der Waals surface area (Å²) >= 11 is 12.5. The predicted octanol–water partition coefficient (Wildman–Crippen LogP) is 7.92. The lowest BCUT2D eigenvalue weighted by molar-refractivity contribution is 0.378. The molecule has 0 amide bonds. The van der Waals surface area contributed by atoms with Crippen molar-refractivity contribution < 1.29 is 0 Å². The Bertz CT molecular complexity index is 1520. The molecule has 0 fully saturated rings. The maximum absolute atomic E-state index is 11.0. The van der Waals surface area contributed by atoms with Crippen LogP contribution in [-0.2, 0) is 10.8 Å². The van der Waals surface area contributed by atoms with Crippen molar-refractivity contribution in [2.75, 3.05) is 0 Å². The van der Waals surface area contributed by atoms with Crippen LogP contribution in [0.25, 0.3) is 0 Å². The van der Waals surface area contributed by atoms with E-state index in [-0.39, 0.29) is 11.8 Å². The Morgan fingerprint density at radius 1 is 0.743 bits per heavy atom. The third-order valence-corrected chi connectivity index (χ3v) is 8.38. The van der Waals surface area contributed by atoms with E-state index in [9.17, 15) is 10.5 Å². The van der Waals surface area contributed by atoms with Gasteiger partial charge in [-0.2, -0.15) is 10.5 Å². The molecule has 0 saturated carbocycles. The highest BCUT2D eigenvalue weighted by molar-refractivity contribution is 6.30. The van der Waals surface area contributed by atoms with Crippen LogP contribution in [0.2, 0.25) is 10.0 Å². The van der Waals surface area contributed by atoms with Crippen molar-refractivity contribution in [1.29, 1.82) is 10.5 Å². The molecule has 3 aromatic carbocycles. The average molecular weight is 491 g/mol. The summed E-state index contributed by atoms with van der Waals surface area (Å²) in [4.78, 5) is 0. The van der Waals surface area contributed by atoms with E-state index in [1.807, 2.05) is 91.0 Å². The highest BCUT2D eigenvalue weighted by Crippen LogP contribution is 2.65. The first-order valence-corrected chi connectivity index (χ1v) is 12.3. The molecule has 0 aliphatic heterocycles. The molecule has 168 valence electrons. The standard InChI is InChI=1S/C31H20Cl2N2/c32-22-12-8-20(9-13-22)24-17-28(21-10-14-23(33)15-11-21)31(19-35)26-6-2-1-5-25(26)30(18-34)16-4-3-7-27(31)29(24)30/h1-16,24,28H,17H2/t24-,28-,30?,31?/m1/s1. The van der Waals surface area contributed by atoms with Crippen molar-refractivity contribution in [3.8, 4) is 12.1 Å². The van der Waals surface area contributed by atoms with E-state index in [2.05, 4.69) is 18.2 Å². The molecule has 0 radical (unpaired) electrons. The zero-order valence-electron chi connectivity index (χ0n) is 18.7. The van der Waals surface area contributed by atoms with Gasteiger partial charge >= 0.3 is 0 Å². The second kappa shape index (κ2) is 8.00. The van der Waals surface area contributed by atoms with E-state index >= 15 is 0 Å². The van der Waals surface area contributed by atoms with Crippen LogP contribution in [0.3, 0.4) is 0 Å². The SMILES string of the molecule is N#CC12C=CC=CC3=C1[C@@H](c1ccc(Cl)cc1)C[C@H](c1ccc(Cl)cc1)C3(C#N)c1ccccc12. The van der Waals surface area contributed by atoms with Crippen molar-refractivity contribution in [2.24, 2.45) is 0 Å². The second-order valence-electron chi connectivity index (χ2n) is 9.37. The molecule has 4 bridgehead atoms. The number of allylic oxidation sites excluding steroid dienone is 6. The van der Waals surface area contributed by atoms with Gasteiger partial charge in [0, 0.05) is 21.9 Å². The summed E-state index contributed by atoms with van der Waals surface area (Å²) in [7, 11) is 0. The molecule has 3 aliphatic rings. The molecule has 0 saturated heterocycles. The summed E-state index contributed by atoms with van der Waals surface area (Å²) in [5.74, 6) is -0.199. The number of nitriles is 2. The van der Waals surface area contributed by atoms with Gasteiger partial charge in [0.25, 0.3) is 0 Å². The number of hydrogen-bond donors (Lipinski definition) is 0. The number of nitrogens with zero attached hydrogens (tertiary/aromatic N) is 2. The van der Waals surface area contributed by atoms with Gasteiger partial charge in [-0.3, -0.25) is 0 Å². The molecule has 0 spiro atoms. The smallest absolute Gasteiger partial charge is 0.123 e. The van der Waals surface area contributed by atoms with Gasteiger partial charge < -0.3 is 0 Å². The molecular formula is C31H20Cl2N2. The highest BCUT2D eigenvalue weighted by atomic mass is 35.5. The molecule has 2 nitrogen and oxygen atoms in total. The van der Waals surface area contributed by atoms with E-state index in [4.69, 9.17) is 23.2 Å². The van der Waals surface area contributed by atoms with Gasteiger partial charge in [-0.1, -0.05) is 96.0 Å². The van der Waals surface area contributed by atoms with Crippen molar-refractivity contribution in [3.63, 3.8) is 0 Å². The van der Waals surface area contributed by atoms with Crippen LogP contribution >= 0.6 is 23.2 Å². The molecular weight excluding hydrogens is 471 g/mol. The average Bonchev–Trinajstić information content (AvgIpc) is 3.06. The predicted molar refractivity (Wildman–Crippen MR) is 139 cm³/mol. The lowest BCUT2D eigenvalue weighted by Gasteiger charge is -2.53. The van der Waals surface area contributed by atoms with Crippen molar-refractivity contribution in [1.82, 2.24) is 0 Å².